The maximum Gasteiger partial charge on any atom is 0.307 e. The zero-order chi connectivity index (χ0) is 21.8. The van der Waals surface area contributed by atoms with Crippen molar-refractivity contribution < 1.29 is 14.7 Å². The molecule has 0 bridgehead atoms. The van der Waals surface area contributed by atoms with Crippen molar-refractivity contribution >= 4 is 40.3 Å². The highest BCUT2D eigenvalue weighted by Crippen LogP contribution is 2.40. The third kappa shape index (κ3) is 4.56. The Kier molecular flexibility index (Phi) is 5.95. The Labute approximate surface area is 185 Å². The molecule has 1 atom stereocenters. The summed E-state index contributed by atoms with van der Waals surface area (Å²) in [5.41, 5.74) is 2.73. The van der Waals surface area contributed by atoms with Crippen LogP contribution in [0.3, 0.4) is 0 Å². The molecule has 1 aromatic heterocycles. The van der Waals surface area contributed by atoms with Crippen molar-refractivity contribution in [2.45, 2.75) is 38.4 Å². The molecule has 31 heavy (non-hydrogen) atoms. The van der Waals surface area contributed by atoms with Gasteiger partial charge in [-0.3, -0.25) is 9.59 Å². The van der Waals surface area contributed by atoms with Crippen LogP contribution in [0.25, 0.3) is 0 Å². The molecule has 0 spiro atoms. The largest absolute Gasteiger partial charge is 0.481 e. The number of carbonyl (C=O) groups excluding carboxylic acids is 1. The molecule has 0 saturated carbocycles. The summed E-state index contributed by atoms with van der Waals surface area (Å²) in [4.78, 5) is 27.2. The number of hydrogen-bond donors (Lipinski definition) is 3. The zero-order valence-electron chi connectivity index (χ0n) is 17.3. The lowest BCUT2D eigenvalue weighted by Gasteiger charge is -2.29. The van der Waals surface area contributed by atoms with E-state index in [1.54, 1.807) is 4.90 Å². The molecule has 7 heteroatoms. The lowest BCUT2D eigenvalue weighted by Crippen LogP contribution is -2.43. The van der Waals surface area contributed by atoms with E-state index in [4.69, 9.17) is 0 Å². The van der Waals surface area contributed by atoms with Gasteiger partial charge in [0.2, 0.25) is 0 Å². The summed E-state index contributed by atoms with van der Waals surface area (Å²) in [7, 11) is 0. The van der Waals surface area contributed by atoms with Crippen molar-refractivity contribution in [1.82, 2.24) is 0 Å². The SMILES string of the molecule is CCCC1(CC(=O)O)Nc2ccc(N(Cc3ccccc3)C(=O)c3cccs3)cc2N1. The second-order valence-electron chi connectivity index (χ2n) is 7.74. The van der Waals surface area contributed by atoms with Crippen LogP contribution in [-0.4, -0.2) is 22.6 Å². The van der Waals surface area contributed by atoms with Crippen LogP contribution >= 0.6 is 11.3 Å². The summed E-state index contributed by atoms with van der Waals surface area (Å²) in [6.45, 7) is 2.47. The molecule has 0 saturated heterocycles. The first-order valence-electron chi connectivity index (χ1n) is 10.3. The van der Waals surface area contributed by atoms with E-state index in [1.807, 2.05) is 73.0 Å². The lowest BCUT2D eigenvalue weighted by atomic mass is 10.0. The van der Waals surface area contributed by atoms with Gasteiger partial charge in [0.1, 0.15) is 5.66 Å². The van der Waals surface area contributed by atoms with Gasteiger partial charge in [-0.1, -0.05) is 49.7 Å². The summed E-state index contributed by atoms with van der Waals surface area (Å²) in [6.07, 6.45) is 1.48. The molecule has 3 aromatic rings. The van der Waals surface area contributed by atoms with Gasteiger partial charge in [0.25, 0.3) is 5.91 Å². The van der Waals surface area contributed by atoms with Gasteiger partial charge in [-0.15, -0.1) is 11.3 Å². The Bertz CT molecular complexity index is 1070. The first kappa shape index (κ1) is 20.9. The molecular formula is C24H25N3O3S. The highest BCUT2D eigenvalue weighted by molar-refractivity contribution is 7.12. The van der Waals surface area contributed by atoms with Crippen LogP contribution in [0.1, 0.15) is 41.4 Å². The fourth-order valence-corrected chi connectivity index (χ4v) is 4.70. The Balaban J connectivity index is 1.67. The number of fused-ring (bicyclic) bond motifs is 1. The van der Waals surface area contributed by atoms with E-state index >= 15 is 0 Å². The van der Waals surface area contributed by atoms with Gasteiger partial charge in [0, 0.05) is 5.69 Å². The van der Waals surface area contributed by atoms with Crippen LogP contribution in [0.2, 0.25) is 0 Å². The number of rotatable bonds is 8. The fraction of sp³-hybridized carbons (Fsp3) is 0.250. The molecular weight excluding hydrogens is 410 g/mol. The first-order chi connectivity index (χ1) is 15.0. The minimum absolute atomic E-state index is 0.0350. The zero-order valence-corrected chi connectivity index (χ0v) is 18.1. The Hall–Kier alpha value is -3.32. The maximum atomic E-state index is 13.3. The topological polar surface area (TPSA) is 81.7 Å². The molecule has 2 heterocycles. The predicted molar refractivity (Wildman–Crippen MR) is 125 cm³/mol. The molecule has 0 radical (unpaired) electrons. The smallest absolute Gasteiger partial charge is 0.307 e. The number of aliphatic carboxylic acids is 1. The third-order valence-corrected chi connectivity index (χ3v) is 6.21. The number of carboxylic acid groups (broad SMARTS) is 1. The van der Waals surface area contributed by atoms with Crippen molar-refractivity contribution in [3.05, 3.63) is 76.5 Å². The van der Waals surface area contributed by atoms with Crippen molar-refractivity contribution in [2.24, 2.45) is 0 Å². The normalized spacial score (nSPS) is 16.8. The van der Waals surface area contributed by atoms with Crippen molar-refractivity contribution in [1.29, 1.82) is 0 Å². The van der Waals surface area contributed by atoms with Crippen molar-refractivity contribution in [3.63, 3.8) is 0 Å². The molecule has 1 unspecified atom stereocenters. The Morgan fingerprint density at radius 3 is 2.48 bits per heavy atom. The number of hydrogen-bond acceptors (Lipinski definition) is 5. The van der Waals surface area contributed by atoms with E-state index in [0.717, 1.165) is 29.0 Å². The van der Waals surface area contributed by atoms with E-state index in [1.165, 1.54) is 11.3 Å². The number of nitrogens with one attached hydrogen (secondary N) is 2. The van der Waals surface area contributed by atoms with Crippen LogP contribution in [0.15, 0.2) is 66.0 Å². The second kappa shape index (κ2) is 8.81. The van der Waals surface area contributed by atoms with Gasteiger partial charge >= 0.3 is 5.97 Å². The maximum absolute atomic E-state index is 13.3. The van der Waals surface area contributed by atoms with Gasteiger partial charge in [-0.05, 0) is 41.6 Å². The van der Waals surface area contributed by atoms with Gasteiger partial charge in [-0.2, -0.15) is 0 Å². The average molecular weight is 436 g/mol. The molecule has 1 aliphatic rings. The standard InChI is InChI=1S/C24H25N3O3S/c1-2-12-24(15-22(28)29)25-19-11-10-18(14-20(19)26-24)27(16-17-7-4-3-5-8-17)23(30)21-9-6-13-31-21/h3-11,13-14,25-26H,2,12,15-16H2,1H3,(H,28,29). The number of benzene rings is 2. The van der Waals surface area contributed by atoms with Crippen molar-refractivity contribution in [3.8, 4) is 0 Å². The second-order valence-corrected chi connectivity index (χ2v) is 8.68. The summed E-state index contributed by atoms with van der Waals surface area (Å²) in [5.74, 6) is -0.921. The minimum Gasteiger partial charge on any atom is -0.481 e. The van der Waals surface area contributed by atoms with Crippen LogP contribution in [0, 0.1) is 0 Å². The number of amides is 1. The van der Waals surface area contributed by atoms with Crippen LogP contribution in [0.5, 0.6) is 0 Å². The monoisotopic (exact) mass is 435 g/mol. The summed E-state index contributed by atoms with van der Waals surface area (Å²) in [6, 6.07) is 19.3. The molecule has 0 fully saturated rings. The van der Waals surface area contributed by atoms with E-state index in [2.05, 4.69) is 10.6 Å². The molecule has 1 aliphatic heterocycles. The van der Waals surface area contributed by atoms with E-state index in [0.29, 0.717) is 17.8 Å². The van der Waals surface area contributed by atoms with Crippen molar-refractivity contribution in [2.75, 3.05) is 15.5 Å². The van der Waals surface area contributed by atoms with E-state index in [9.17, 15) is 14.7 Å². The number of thiophene rings is 1. The van der Waals surface area contributed by atoms with Gasteiger partial charge in [-0.25, -0.2) is 0 Å². The predicted octanol–water partition coefficient (Wildman–Crippen LogP) is 5.40. The molecule has 160 valence electrons. The first-order valence-corrected chi connectivity index (χ1v) is 11.2. The lowest BCUT2D eigenvalue weighted by molar-refractivity contribution is -0.138. The Morgan fingerprint density at radius 2 is 1.81 bits per heavy atom. The minimum atomic E-state index is -0.861. The fourth-order valence-electron chi connectivity index (χ4n) is 4.03. The van der Waals surface area contributed by atoms with Gasteiger partial charge < -0.3 is 20.6 Å². The average Bonchev–Trinajstić information content (AvgIpc) is 3.39. The molecule has 3 N–H and O–H groups in total. The number of carbonyl (C=O) groups is 2. The molecule has 2 aromatic carbocycles. The highest BCUT2D eigenvalue weighted by atomic mass is 32.1. The van der Waals surface area contributed by atoms with E-state index in [-0.39, 0.29) is 12.3 Å². The van der Waals surface area contributed by atoms with Crippen LogP contribution in [-0.2, 0) is 11.3 Å². The number of carboxylic acids is 1. The Morgan fingerprint density at radius 1 is 1.03 bits per heavy atom. The number of nitrogens with zero attached hydrogens (tertiary/aromatic N) is 1. The van der Waals surface area contributed by atoms with Gasteiger partial charge in [0.05, 0.1) is 29.2 Å². The highest BCUT2D eigenvalue weighted by Gasteiger charge is 2.38. The van der Waals surface area contributed by atoms with E-state index < -0.39 is 11.6 Å². The summed E-state index contributed by atoms with van der Waals surface area (Å²) >= 11 is 1.42. The summed E-state index contributed by atoms with van der Waals surface area (Å²) in [5, 5.41) is 18.0. The number of anilines is 3. The third-order valence-electron chi connectivity index (χ3n) is 5.35. The van der Waals surface area contributed by atoms with Crippen LogP contribution in [0.4, 0.5) is 17.1 Å². The molecule has 1 amide bonds. The van der Waals surface area contributed by atoms with Crippen LogP contribution < -0.4 is 15.5 Å². The summed E-state index contributed by atoms with van der Waals surface area (Å²) < 4.78 is 0. The quantitative estimate of drug-likeness (QED) is 0.441. The van der Waals surface area contributed by atoms with Gasteiger partial charge in [0.15, 0.2) is 0 Å². The molecule has 0 aliphatic carbocycles. The molecule has 4 rings (SSSR count). The molecule has 6 nitrogen and oxygen atoms in total.